The maximum Gasteiger partial charge on any atom is 0.322 e. The average Bonchev–Trinajstić information content (AvgIpc) is 3.26. The lowest BCUT2D eigenvalue weighted by Gasteiger charge is -2.57. The van der Waals surface area contributed by atoms with Gasteiger partial charge in [-0.15, -0.1) is 0 Å². The molecule has 0 aromatic heterocycles. The molecule has 4 atom stereocenters. The second kappa shape index (κ2) is 6.49. The summed E-state index contributed by atoms with van der Waals surface area (Å²) in [5, 5.41) is 16.0. The van der Waals surface area contributed by atoms with Crippen molar-refractivity contribution in [2.75, 3.05) is 0 Å². The van der Waals surface area contributed by atoms with Crippen LogP contribution in [0, 0.1) is 29.1 Å². The van der Waals surface area contributed by atoms with Crippen molar-refractivity contribution in [3.63, 3.8) is 0 Å². The number of hydrogen-bond donors (Lipinski definition) is 3. The van der Waals surface area contributed by atoms with E-state index in [0.29, 0.717) is 10.6 Å². The number of benzene rings is 1. The molecule has 0 radical (unpaired) electrons. The minimum Gasteiger partial charge on any atom is -0.369 e. The summed E-state index contributed by atoms with van der Waals surface area (Å²) in [5.41, 5.74) is 3.86. The van der Waals surface area contributed by atoms with E-state index >= 15 is 0 Å². The molecule has 1 spiro atoms. The molecule has 4 amide bonds. The van der Waals surface area contributed by atoms with Gasteiger partial charge in [0.15, 0.2) is 0 Å². The van der Waals surface area contributed by atoms with Crippen LogP contribution in [0.1, 0.15) is 37.7 Å². The summed E-state index contributed by atoms with van der Waals surface area (Å²) >= 11 is 6.23. The molecule has 2 aliphatic carbocycles. The van der Waals surface area contributed by atoms with Gasteiger partial charge in [0, 0.05) is 16.9 Å². The number of carbonyl (C=O) groups is 3. The van der Waals surface area contributed by atoms with E-state index in [9.17, 15) is 19.6 Å². The molecule has 1 heterocycles. The number of amides is 4. The Labute approximate surface area is 167 Å². The van der Waals surface area contributed by atoms with Crippen LogP contribution in [0.2, 0.25) is 5.02 Å². The first-order valence-corrected chi connectivity index (χ1v) is 9.83. The van der Waals surface area contributed by atoms with Gasteiger partial charge in [-0.2, -0.15) is 5.26 Å². The van der Waals surface area contributed by atoms with E-state index < -0.39 is 40.6 Å². The predicted octanol–water partition coefficient (Wildman–Crippen LogP) is 1.99. The molecule has 2 saturated carbocycles. The van der Waals surface area contributed by atoms with Crippen molar-refractivity contribution in [2.45, 2.75) is 43.1 Å². The highest BCUT2D eigenvalue weighted by molar-refractivity contribution is 6.30. The zero-order valence-corrected chi connectivity index (χ0v) is 16.0. The number of halogens is 1. The van der Waals surface area contributed by atoms with Gasteiger partial charge in [-0.05, 0) is 42.9 Å². The first-order chi connectivity index (χ1) is 13.3. The van der Waals surface area contributed by atoms with E-state index in [1.165, 1.54) is 0 Å². The fourth-order valence-corrected chi connectivity index (χ4v) is 5.83. The fourth-order valence-electron chi connectivity index (χ4n) is 5.63. The van der Waals surface area contributed by atoms with E-state index in [-0.39, 0.29) is 12.3 Å². The molecule has 7 nitrogen and oxygen atoms in total. The van der Waals surface area contributed by atoms with Gasteiger partial charge < -0.3 is 11.1 Å². The van der Waals surface area contributed by atoms with E-state index in [0.717, 1.165) is 25.7 Å². The number of rotatable bonds is 4. The number of nitriles is 1. The SMILES string of the molecule is N#C[C@](c1cccc(Cl)c1)(C1CCCC1)C1C(C(N)=O)CC12NC(=O)NC2=O. The fraction of sp³-hybridized carbons (Fsp3) is 0.500. The Balaban J connectivity index is 1.93. The van der Waals surface area contributed by atoms with Crippen LogP contribution < -0.4 is 16.4 Å². The topological polar surface area (TPSA) is 125 Å². The molecule has 1 aliphatic heterocycles. The van der Waals surface area contributed by atoms with E-state index in [1.54, 1.807) is 18.2 Å². The average molecular weight is 401 g/mol. The zero-order valence-electron chi connectivity index (χ0n) is 15.2. The Morgan fingerprint density at radius 1 is 1.32 bits per heavy atom. The molecule has 1 aromatic carbocycles. The van der Waals surface area contributed by atoms with Gasteiger partial charge in [0.05, 0.1) is 11.5 Å². The number of urea groups is 1. The van der Waals surface area contributed by atoms with Gasteiger partial charge in [-0.3, -0.25) is 14.9 Å². The van der Waals surface area contributed by atoms with Crippen molar-refractivity contribution in [2.24, 2.45) is 23.5 Å². The summed E-state index contributed by atoms with van der Waals surface area (Å²) in [4.78, 5) is 36.9. The number of imide groups is 1. The standard InChI is InChI=1S/C20H21ClN4O3/c21-13-7-3-6-12(8-13)19(10-22,11-4-1-2-5-11)15-14(16(23)26)9-20(15)17(27)24-18(28)25-20/h3,6-8,11,14-15H,1-2,4-5,9H2,(H2,23,26)(H2,24,25,27,28)/t14?,15?,19-,20?/m1/s1. The first-order valence-electron chi connectivity index (χ1n) is 9.45. The van der Waals surface area contributed by atoms with E-state index in [1.807, 2.05) is 6.07 Å². The molecule has 4 rings (SSSR count). The molecule has 28 heavy (non-hydrogen) atoms. The highest BCUT2D eigenvalue weighted by Crippen LogP contribution is 2.60. The molecular weight excluding hydrogens is 380 g/mol. The van der Waals surface area contributed by atoms with Gasteiger partial charge in [0.25, 0.3) is 5.91 Å². The maximum atomic E-state index is 12.8. The maximum absolute atomic E-state index is 12.8. The molecule has 3 fully saturated rings. The van der Waals surface area contributed by atoms with Gasteiger partial charge in [-0.25, -0.2) is 4.79 Å². The Hall–Kier alpha value is -2.59. The minimum absolute atomic E-state index is 0.0645. The Kier molecular flexibility index (Phi) is 4.35. The van der Waals surface area contributed by atoms with Crippen LogP contribution in [0.25, 0.3) is 0 Å². The molecule has 1 saturated heterocycles. The summed E-state index contributed by atoms with van der Waals surface area (Å²) in [7, 11) is 0. The number of nitrogens with one attached hydrogen (secondary N) is 2. The molecule has 3 aliphatic rings. The summed E-state index contributed by atoms with van der Waals surface area (Å²) in [6, 6.07) is 8.88. The van der Waals surface area contributed by atoms with Crippen LogP contribution in [-0.2, 0) is 15.0 Å². The summed E-state index contributed by atoms with van der Waals surface area (Å²) in [6.07, 6.45) is 3.63. The van der Waals surface area contributed by atoms with Crippen molar-refractivity contribution in [3.8, 4) is 6.07 Å². The third-order valence-corrected chi connectivity index (χ3v) is 7.02. The molecule has 146 valence electrons. The van der Waals surface area contributed by atoms with Gasteiger partial charge >= 0.3 is 6.03 Å². The molecule has 4 N–H and O–H groups in total. The van der Waals surface area contributed by atoms with Gasteiger partial charge in [0.1, 0.15) is 5.54 Å². The predicted molar refractivity (Wildman–Crippen MR) is 101 cm³/mol. The molecule has 1 aromatic rings. The van der Waals surface area contributed by atoms with Crippen LogP contribution in [0.3, 0.4) is 0 Å². The van der Waals surface area contributed by atoms with Gasteiger partial charge in [0.2, 0.25) is 5.91 Å². The lowest BCUT2D eigenvalue weighted by atomic mass is 9.45. The van der Waals surface area contributed by atoms with Crippen molar-refractivity contribution in [1.29, 1.82) is 5.26 Å². The minimum atomic E-state index is -1.31. The Morgan fingerprint density at radius 3 is 2.57 bits per heavy atom. The molecule has 3 unspecified atom stereocenters. The number of nitrogens with zero attached hydrogens (tertiary/aromatic N) is 1. The third-order valence-electron chi connectivity index (χ3n) is 6.79. The Bertz CT molecular complexity index is 907. The quantitative estimate of drug-likeness (QED) is 0.668. The van der Waals surface area contributed by atoms with E-state index in [2.05, 4.69) is 16.7 Å². The summed E-state index contributed by atoms with van der Waals surface area (Å²) in [5.74, 6) is -2.58. The van der Waals surface area contributed by atoms with Gasteiger partial charge in [-0.1, -0.05) is 36.6 Å². The number of primary amides is 1. The third kappa shape index (κ3) is 2.44. The highest BCUT2D eigenvalue weighted by atomic mass is 35.5. The number of carbonyl (C=O) groups excluding carboxylic acids is 3. The molecule has 0 bridgehead atoms. The largest absolute Gasteiger partial charge is 0.369 e. The van der Waals surface area contributed by atoms with Crippen molar-refractivity contribution in [3.05, 3.63) is 34.9 Å². The van der Waals surface area contributed by atoms with Crippen molar-refractivity contribution < 1.29 is 14.4 Å². The normalized spacial score (nSPS) is 31.6. The molecular formula is C20H21ClN4O3. The first kappa shape index (κ1) is 18.8. The molecule has 8 heteroatoms. The lowest BCUT2D eigenvalue weighted by Crippen LogP contribution is -2.73. The summed E-state index contributed by atoms with van der Waals surface area (Å²) < 4.78 is 0. The van der Waals surface area contributed by atoms with Crippen LogP contribution in [0.4, 0.5) is 4.79 Å². The number of nitrogens with two attached hydrogens (primary N) is 1. The second-order valence-electron chi connectivity index (χ2n) is 8.04. The van der Waals surface area contributed by atoms with Crippen LogP contribution in [0.15, 0.2) is 24.3 Å². The van der Waals surface area contributed by atoms with Crippen LogP contribution in [-0.4, -0.2) is 23.4 Å². The number of hydrogen-bond acceptors (Lipinski definition) is 4. The smallest absolute Gasteiger partial charge is 0.322 e. The lowest BCUT2D eigenvalue weighted by molar-refractivity contribution is -0.148. The van der Waals surface area contributed by atoms with Crippen LogP contribution in [0.5, 0.6) is 0 Å². The van der Waals surface area contributed by atoms with Crippen molar-refractivity contribution >= 4 is 29.4 Å². The van der Waals surface area contributed by atoms with Crippen molar-refractivity contribution in [1.82, 2.24) is 10.6 Å². The Morgan fingerprint density at radius 2 is 2.04 bits per heavy atom. The van der Waals surface area contributed by atoms with Crippen LogP contribution >= 0.6 is 11.6 Å². The summed E-state index contributed by atoms with van der Waals surface area (Å²) in [6.45, 7) is 0. The highest BCUT2D eigenvalue weighted by Gasteiger charge is 2.72. The zero-order chi connectivity index (χ0) is 20.1. The van der Waals surface area contributed by atoms with E-state index in [4.69, 9.17) is 17.3 Å². The second-order valence-corrected chi connectivity index (χ2v) is 8.48. The monoisotopic (exact) mass is 400 g/mol.